The lowest BCUT2D eigenvalue weighted by molar-refractivity contribution is -0.129. The van der Waals surface area contributed by atoms with Crippen LogP contribution in [0.15, 0.2) is 4.99 Å². The second-order valence-electron chi connectivity index (χ2n) is 6.52. The fourth-order valence-corrected chi connectivity index (χ4v) is 3.23. The highest BCUT2D eigenvalue weighted by atomic mass is 16.5. The molecule has 2 saturated heterocycles. The molecular formula is C17H32N4O3. The van der Waals surface area contributed by atoms with Gasteiger partial charge in [0.1, 0.15) is 0 Å². The van der Waals surface area contributed by atoms with Crippen LogP contribution in [0.1, 0.15) is 39.5 Å². The first-order valence-corrected chi connectivity index (χ1v) is 9.08. The number of rotatable bonds is 6. The first-order valence-electron chi connectivity index (χ1n) is 9.08. The zero-order valence-electron chi connectivity index (χ0n) is 15.3. The quantitative estimate of drug-likeness (QED) is 0.551. The van der Waals surface area contributed by atoms with Gasteiger partial charge in [-0.2, -0.15) is 0 Å². The average molecular weight is 340 g/mol. The molecule has 24 heavy (non-hydrogen) atoms. The molecule has 0 spiro atoms. The van der Waals surface area contributed by atoms with E-state index in [4.69, 9.17) is 14.5 Å². The number of aliphatic imine (C=N–C) groups is 1. The van der Waals surface area contributed by atoms with Gasteiger partial charge >= 0.3 is 0 Å². The van der Waals surface area contributed by atoms with E-state index >= 15 is 0 Å². The summed E-state index contributed by atoms with van der Waals surface area (Å²) in [4.78, 5) is 18.5. The van der Waals surface area contributed by atoms with Gasteiger partial charge in [0.15, 0.2) is 5.96 Å². The van der Waals surface area contributed by atoms with Crippen LogP contribution >= 0.6 is 0 Å². The molecule has 2 heterocycles. The highest BCUT2D eigenvalue weighted by molar-refractivity contribution is 5.80. The number of carbonyl (C=O) groups is 1. The van der Waals surface area contributed by atoms with E-state index in [0.29, 0.717) is 13.0 Å². The Morgan fingerprint density at radius 2 is 2.12 bits per heavy atom. The maximum Gasteiger partial charge on any atom is 0.222 e. The van der Waals surface area contributed by atoms with Crippen molar-refractivity contribution < 1.29 is 14.3 Å². The number of methoxy groups -OCH3 is 1. The topological polar surface area (TPSA) is 75.2 Å². The molecule has 1 atom stereocenters. The van der Waals surface area contributed by atoms with Crippen LogP contribution in [-0.4, -0.2) is 74.9 Å². The van der Waals surface area contributed by atoms with Gasteiger partial charge in [-0.05, 0) is 13.3 Å². The van der Waals surface area contributed by atoms with Gasteiger partial charge in [-0.3, -0.25) is 9.79 Å². The van der Waals surface area contributed by atoms with Crippen molar-refractivity contribution in [3.63, 3.8) is 0 Å². The van der Waals surface area contributed by atoms with E-state index in [2.05, 4.69) is 17.6 Å². The summed E-state index contributed by atoms with van der Waals surface area (Å²) in [7, 11) is 1.76. The van der Waals surface area contributed by atoms with Gasteiger partial charge in [-0.25, -0.2) is 0 Å². The molecule has 138 valence electrons. The largest absolute Gasteiger partial charge is 0.381 e. The second kappa shape index (κ2) is 9.22. The molecule has 0 aromatic heterocycles. The number of amides is 1. The fourth-order valence-electron chi connectivity index (χ4n) is 3.23. The molecular weight excluding hydrogens is 308 g/mol. The fraction of sp³-hybridized carbons (Fsp3) is 0.882. The van der Waals surface area contributed by atoms with Crippen LogP contribution in [0.2, 0.25) is 0 Å². The van der Waals surface area contributed by atoms with Crippen molar-refractivity contribution >= 4 is 11.9 Å². The van der Waals surface area contributed by atoms with Gasteiger partial charge in [0.05, 0.1) is 12.1 Å². The van der Waals surface area contributed by atoms with Crippen LogP contribution in [0.4, 0.5) is 0 Å². The van der Waals surface area contributed by atoms with Gasteiger partial charge in [0.25, 0.3) is 0 Å². The van der Waals surface area contributed by atoms with Crippen LogP contribution < -0.4 is 10.6 Å². The van der Waals surface area contributed by atoms with Crippen molar-refractivity contribution in [2.75, 3.05) is 46.5 Å². The number of nitrogens with zero attached hydrogens (tertiary/aromatic N) is 2. The summed E-state index contributed by atoms with van der Waals surface area (Å²) in [6.45, 7) is 8.41. The summed E-state index contributed by atoms with van der Waals surface area (Å²) in [6.07, 6.45) is 3.27. The Morgan fingerprint density at radius 1 is 1.38 bits per heavy atom. The predicted molar refractivity (Wildman–Crippen MR) is 94.2 cm³/mol. The normalized spacial score (nSPS) is 24.0. The molecule has 2 aliphatic rings. The molecule has 1 unspecified atom stereocenters. The number of likely N-dealkylation sites (tertiary alicyclic amines) is 1. The maximum absolute atomic E-state index is 11.8. The first kappa shape index (κ1) is 19.0. The van der Waals surface area contributed by atoms with Gasteiger partial charge in [0, 0.05) is 65.3 Å². The Kier molecular flexibility index (Phi) is 7.30. The van der Waals surface area contributed by atoms with E-state index in [0.717, 1.165) is 58.1 Å². The number of guanidine groups is 1. The third-order valence-electron chi connectivity index (χ3n) is 4.89. The van der Waals surface area contributed by atoms with Crippen LogP contribution in [0.25, 0.3) is 0 Å². The smallest absolute Gasteiger partial charge is 0.222 e. The Hall–Kier alpha value is -1.34. The Labute approximate surface area is 145 Å². The minimum Gasteiger partial charge on any atom is -0.381 e. The zero-order valence-corrected chi connectivity index (χ0v) is 15.3. The molecule has 1 amide bonds. The van der Waals surface area contributed by atoms with E-state index in [1.165, 1.54) is 0 Å². The Balaban J connectivity index is 1.92. The summed E-state index contributed by atoms with van der Waals surface area (Å²) in [6, 6.07) is 0.256. The van der Waals surface area contributed by atoms with E-state index in [-0.39, 0.29) is 17.6 Å². The summed E-state index contributed by atoms with van der Waals surface area (Å²) in [5, 5.41) is 6.76. The van der Waals surface area contributed by atoms with Crippen LogP contribution in [-0.2, 0) is 14.3 Å². The third-order valence-corrected chi connectivity index (χ3v) is 4.89. The molecule has 2 fully saturated rings. The molecule has 7 nitrogen and oxygen atoms in total. The zero-order chi connectivity index (χ0) is 17.4. The summed E-state index contributed by atoms with van der Waals surface area (Å²) >= 11 is 0. The number of ether oxygens (including phenoxy) is 2. The predicted octanol–water partition coefficient (Wildman–Crippen LogP) is 0.748. The van der Waals surface area contributed by atoms with E-state index in [9.17, 15) is 4.79 Å². The van der Waals surface area contributed by atoms with Crippen molar-refractivity contribution in [2.24, 2.45) is 4.99 Å². The number of carbonyl (C=O) groups excluding carboxylic acids is 1. The number of nitrogens with one attached hydrogen (secondary N) is 2. The van der Waals surface area contributed by atoms with Crippen molar-refractivity contribution in [1.29, 1.82) is 0 Å². The maximum atomic E-state index is 11.8. The Bertz CT molecular complexity index is 436. The molecule has 2 N–H and O–H groups in total. The first-order chi connectivity index (χ1) is 11.6. The molecule has 0 aliphatic carbocycles. The Morgan fingerprint density at radius 3 is 2.75 bits per heavy atom. The molecule has 0 saturated carbocycles. The highest BCUT2D eigenvalue weighted by Crippen LogP contribution is 2.24. The van der Waals surface area contributed by atoms with Gasteiger partial charge in [0.2, 0.25) is 5.91 Å². The van der Waals surface area contributed by atoms with E-state index in [1.807, 2.05) is 11.8 Å². The van der Waals surface area contributed by atoms with Crippen LogP contribution in [0, 0.1) is 0 Å². The van der Waals surface area contributed by atoms with Crippen molar-refractivity contribution in [1.82, 2.24) is 15.5 Å². The summed E-state index contributed by atoms with van der Waals surface area (Å²) < 4.78 is 11.2. The van der Waals surface area contributed by atoms with Gasteiger partial charge < -0.3 is 25.0 Å². The van der Waals surface area contributed by atoms with Crippen molar-refractivity contribution in [2.45, 2.75) is 51.2 Å². The van der Waals surface area contributed by atoms with Gasteiger partial charge in [-0.1, -0.05) is 6.92 Å². The minimum atomic E-state index is -0.222. The molecule has 0 aromatic carbocycles. The third kappa shape index (κ3) is 5.08. The average Bonchev–Trinajstić information content (AvgIpc) is 3.08. The number of hydrogen-bond donors (Lipinski definition) is 2. The molecule has 7 heteroatoms. The molecule has 0 aromatic rings. The minimum absolute atomic E-state index is 0.222. The van der Waals surface area contributed by atoms with E-state index < -0.39 is 0 Å². The SMILES string of the molecule is CCNC(=NCC1(OC)CCOCC1)NC1CCN(C(=O)CC)C1. The van der Waals surface area contributed by atoms with Crippen molar-refractivity contribution in [3.8, 4) is 0 Å². The summed E-state index contributed by atoms with van der Waals surface area (Å²) in [5.41, 5.74) is -0.222. The summed E-state index contributed by atoms with van der Waals surface area (Å²) in [5.74, 6) is 1.03. The molecule has 0 bridgehead atoms. The number of hydrogen-bond acceptors (Lipinski definition) is 4. The lowest BCUT2D eigenvalue weighted by Gasteiger charge is -2.34. The standard InChI is InChI=1S/C17H32N4O3/c1-4-15(22)21-9-6-14(12-21)20-16(18-5-2)19-13-17(23-3)7-10-24-11-8-17/h14H,4-13H2,1-3H3,(H2,18,19,20). The van der Waals surface area contributed by atoms with Gasteiger partial charge in [-0.15, -0.1) is 0 Å². The molecule has 2 rings (SSSR count). The highest BCUT2D eigenvalue weighted by Gasteiger charge is 2.32. The monoisotopic (exact) mass is 340 g/mol. The van der Waals surface area contributed by atoms with Crippen LogP contribution in [0.3, 0.4) is 0 Å². The van der Waals surface area contributed by atoms with E-state index in [1.54, 1.807) is 7.11 Å². The van der Waals surface area contributed by atoms with Crippen LogP contribution in [0.5, 0.6) is 0 Å². The molecule has 0 radical (unpaired) electrons. The molecule has 2 aliphatic heterocycles. The lowest BCUT2D eigenvalue weighted by Crippen LogP contribution is -2.47. The van der Waals surface area contributed by atoms with Crippen molar-refractivity contribution in [3.05, 3.63) is 0 Å². The second-order valence-corrected chi connectivity index (χ2v) is 6.52. The lowest BCUT2D eigenvalue weighted by atomic mass is 9.94.